The predicted octanol–water partition coefficient (Wildman–Crippen LogP) is 3.21. The summed E-state index contributed by atoms with van der Waals surface area (Å²) in [7, 11) is 0. The Bertz CT molecular complexity index is 594. The van der Waals surface area contributed by atoms with Crippen molar-refractivity contribution in [2.24, 2.45) is 0 Å². The molecule has 3 heteroatoms. The summed E-state index contributed by atoms with van der Waals surface area (Å²) in [6.07, 6.45) is 0.765. The average Bonchev–Trinajstić information content (AvgIpc) is 2.50. The fourth-order valence-electron chi connectivity index (χ4n) is 2.78. The molecule has 3 rings (SSSR count). The lowest BCUT2D eigenvalue weighted by Crippen LogP contribution is -2.39. The summed E-state index contributed by atoms with van der Waals surface area (Å²) in [4.78, 5) is 12.1. The molecule has 2 atom stereocenters. The van der Waals surface area contributed by atoms with Gasteiger partial charge in [-0.3, -0.25) is 4.79 Å². The summed E-state index contributed by atoms with van der Waals surface area (Å²) in [6, 6.07) is 16.4. The molecule has 0 spiro atoms. The van der Waals surface area contributed by atoms with Crippen molar-refractivity contribution in [2.75, 3.05) is 6.54 Å². The molecule has 0 aliphatic carbocycles. The third-order valence-electron chi connectivity index (χ3n) is 3.90. The number of amides is 1. The van der Waals surface area contributed by atoms with Crippen LogP contribution in [0.2, 0.25) is 0 Å². The van der Waals surface area contributed by atoms with Crippen molar-refractivity contribution in [2.45, 2.75) is 18.3 Å². The molecule has 2 unspecified atom stereocenters. The molecule has 0 radical (unpaired) electrons. The standard InChI is InChI=1S/C17H16FNO/c18-15-8-6-13(7-9-15)16-10-14(11-19-17(16)20)12-4-2-1-3-5-12/h1-9,14,16H,10-11H2,(H,19,20). The van der Waals surface area contributed by atoms with E-state index in [-0.39, 0.29) is 17.6 Å². The number of nitrogens with one attached hydrogen (secondary N) is 1. The molecule has 0 saturated carbocycles. The number of hydrogen-bond donors (Lipinski definition) is 1. The molecule has 20 heavy (non-hydrogen) atoms. The number of rotatable bonds is 2. The Labute approximate surface area is 117 Å². The van der Waals surface area contributed by atoms with Crippen LogP contribution in [-0.2, 0) is 4.79 Å². The summed E-state index contributed by atoms with van der Waals surface area (Å²) < 4.78 is 13.0. The van der Waals surface area contributed by atoms with Gasteiger partial charge in [-0.2, -0.15) is 0 Å². The first-order chi connectivity index (χ1) is 9.74. The second-order valence-corrected chi connectivity index (χ2v) is 5.19. The van der Waals surface area contributed by atoms with E-state index in [1.54, 1.807) is 12.1 Å². The molecule has 1 aliphatic rings. The Morgan fingerprint density at radius 3 is 2.35 bits per heavy atom. The van der Waals surface area contributed by atoms with Gasteiger partial charge in [0.25, 0.3) is 0 Å². The lowest BCUT2D eigenvalue weighted by atomic mass is 9.81. The molecule has 1 N–H and O–H groups in total. The molecule has 1 heterocycles. The average molecular weight is 269 g/mol. The molecule has 1 aliphatic heterocycles. The number of carbonyl (C=O) groups is 1. The quantitative estimate of drug-likeness (QED) is 0.891. The van der Waals surface area contributed by atoms with E-state index in [9.17, 15) is 9.18 Å². The van der Waals surface area contributed by atoms with E-state index < -0.39 is 0 Å². The Morgan fingerprint density at radius 2 is 1.65 bits per heavy atom. The molecule has 0 aromatic heterocycles. The van der Waals surface area contributed by atoms with Gasteiger partial charge in [0.15, 0.2) is 0 Å². The highest BCUT2D eigenvalue weighted by Crippen LogP contribution is 2.33. The monoisotopic (exact) mass is 269 g/mol. The third kappa shape index (κ3) is 2.57. The van der Waals surface area contributed by atoms with Crippen LogP contribution >= 0.6 is 0 Å². The van der Waals surface area contributed by atoms with Gasteiger partial charge in [-0.1, -0.05) is 42.5 Å². The van der Waals surface area contributed by atoms with Crippen molar-refractivity contribution < 1.29 is 9.18 Å². The number of carbonyl (C=O) groups excluding carboxylic acids is 1. The molecular weight excluding hydrogens is 253 g/mol. The van der Waals surface area contributed by atoms with Crippen molar-refractivity contribution in [1.82, 2.24) is 5.32 Å². The molecule has 1 amide bonds. The molecule has 2 nitrogen and oxygen atoms in total. The molecule has 102 valence electrons. The highest BCUT2D eigenvalue weighted by atomic mass is 19.1. The lowest BCUT2D eigenvalue weighted by Gasteiger charge is -2.29. The Balaban J connectivity index is 1.83. The zero-order valence-electron chi connectivity index (χ0n) is 11.1. The molecule has 0 bridgehead atoms. The second-order valence-electron chi connectivity index (χ2n) is 5.19. The first-order valence-corrected chi connectivity index (χ1v) is 6.82. The Kier molecular flexibility index (Phi) is 3.50. The number of piperidine rings is 1. The summed E-state index contributed by atoms with van der Waals surface area (Å²) in [5.74, 6) is -0.133. The van der Waals surface area contributed by atoms with E-state index in [4.69, 9.17) is 0 Å². The maximum Gasteiger partial charge on any atom is 0.227 e. The van der Waals surface area contributed by atoms with E-state index in [0.29, 0.717) is 12.5 Å². The number of benzene rings is 2. The SMILES string of the molecule is O=C1NCC(c2ccccc2)CC1c1ccc(F)cc1. The zero-order valence-corrected chi connectivity index (χ0v) is 11.1. The maximum absolute atomic E-state index is 13.0. The first kappa shape index (κ1) is 12.9. The van der Waals surface area contributed by atoms with Crippen LogP contribution < -0.4 is 5.32 Å². The first-order valence-electron chi connectivity index (χ1n) is 6.82. The van der Waals surface area contributed by atoms with Gasteiger partial charge in [0.2, 0.25) is 5.91 Å². The van der Waals surface area contributed by atoms with Gasteiger partial charge in [0.1, 0.15) is 5.82 Å². The van der Waals surface area contributed by atoms with E-state index in [1.807, 2.05) is 18.2 Å². The molecule has 2 aromatic rings. The predicted molar refractivity (Wildman–Crippen MR) is 76.0 cm³/mol. The van der Waals surface area contributed by atoms with Crippen molar-refractivity contribution in [3.8, 4) is 0 Å². The fraction of sp³-hybridized carbons (Fsp3) is 0.235. The largest absolute Gasteiger partial charge is 0.355 e. The molecule has 2 aromatic carbocycles. The fourth-order valence-corrected chi connectivity index (χ4v) is 2.78. The van der Waals surface area contributed by atoms with Crippen LogP contribution in [-0.4, -0.2) is 12.5 Å². The smallest absolute Gasteiger partial charge is 0.227 e. The highest BCUT2D eigenvalue weighted by Gasteiger charge is 2.30. The van der Waals surface area contributed by atoms with Crippen molar-refractivity contribution in [3.63, 3.8) is 0 Å². The molecule has 1 saturated heterocycles. The summed E-state index contributed by atoms with van der Waals surface area (Å²) in [5.41, 5.74) is 2.11. The third-order valence-corrected chi connectivity index (χ3v) is 3.90. The minimum atomic E-state index is -0.274. The van der Waals surface area contributed by atoms with Gasteiger partial charge < -0.3 is 5.32 Å². The van der Waals surface area contributed by atoms with E-state index >= 15 is 0 Å². The number of halogens is 1. The Hall–Kier alpha value is -2.16. The van der Waals surface area contributed by atoms with Gasteiger partial charge in [-0.05, 0) is 29.7 Å². The van der Waals surface area contributed by atoms with Crippen LogP contribution in [0.3, 0.4) is 0 Å². The van der Waals surface area contributed by atoms with E-state index in [0.717, 1.165) is 12.0 Å². The molecule has 1 fully saturated rings. The Morgan fingerprint density at radius 1 is 0.950 bits per heavy atom. The topological polar surface area (TPSA) is 29.1 Å². The van der Waals surface area contributed by atoms with Crippen molar-refractivity contribution in [3.05, 3.63) is 71.5 Å². The van der Waals surface area contributed by atoms with E-state index in [1.165, 1.54) is 17.7 Å². The second kappa shape index (κ2) is 5.45. The van der Waals surface area contributed by atoms with Gasteiger partial charge in [-0.15, -0.1) is 0 Å². The minimum Gasteiger partial charge on any atom is -0.355 e. The van der Waals surface area contributed by atoms with E-state index in [2.05, 4.69) is 17.4 Å². The van der Waals surface area contributed by atoms with Crippen LogP contribution in [0.4, 0.5) is 4.39 Å². The van der Waals surface area contributed by atoms with Crippen LogP contribution in [0.5, 0.6) is 0 Å². The highest BCUT2D eigenvalue weighted by molar-refractivity contribution is 5.84. The van der Waals surface area contributed by atoms with Crippen molar-refractivity contribution in [1.29, 1.82) is 0 Å². The minimum absolute atomic E-state index is 0.0313. The normalized spacial score (nSPS) is 22.4. The van der Waals surface area contributed by atoms with Gasteiger partial charge in [0, 0.05) is 12.5 Å². The van der Waals surface area contributed by atoms with Crippen molar-refractivity contribution >= 4 is 5.91 Å². The van der Waals surface area contributed by atoms with Crippen LogP contribution in [0.15, 0.2) is 54.6 Å². The lowest BCUT2D eigenvalue weighted by molar-refractivity contribution is -0.124. The van der Waals surface area contributed by atoms with Gasteiger partial charge in [0.05, 0.1) is 5.92 Å². The van der Waals surface area contributed by atoms with Gasteiger partial charge in [-0.25, -0.2) is 4.39 Å². The van der Waals surface area contributed by atoms with Crippen LogP contribution in [0, 0.1) is 5.82 Å². The van der Waals surface area contributed by atoms with Gasteiger partial charge >= 0.3 is 0 Å². The summed E-state index contributed by atoms with van der Waals surface area (Å²) in [5, 5.41) is 2.96. The maximum atomic E-state index is 13.0. The molecular formula is C17H16FNO. The number of hydrogen-bond acceptors (Lipinski definition) is 1. The van der Waals surface area contributed by atoms with Crippen LogP contribution in [0.1, 0.15) is 29.4 Å². The summed E-state index contributed by atoms with van der Waals surface area (Å²) in [6.45, 7) is 0.667. The zero-order chi connectivity index (χ0) is 13.9. The van der Waals surface area contributed by atoms with Crippen LogP contribution in [0.25, 0.3) is 0 Å². The summed E-state index contributed by atoms with van der Waals surface area (Å²) >= 11 is 0.